The molecule has 0 aromatic rings. The van der Waals surface area contributed by atoms with Crippen molar-refractivity contribution in [1.82, 2.24) is 5.32 Å². The van der Waals surface area contributed by atoms with E-state index in [2.05, 4.69) is 129 Å². The van der Waals surface area contributed by atoms with Crippen molar-refractivity contribution in [3.05, 3.63) is 122 Å². The average Bonchev–Trinajstić information content (AvgIpc) is 3.47. The SMILES string of the molecule is CC/C=C\C/C=C\C/C=C\C/C=C\C/C=C\C/C=C\C/C=C\C/C=C\CCCCCCC(=O)NC(COC1OC(CO)C(O)C(O)C1O)C(O)/C=C/CC/C=C/CCCCCCCCCCCCCCCCCCCCCCC. The Hall–Kier alpha value is -3.41. The van der Waals surface area contributed by atoms with Crippen LogP contribution in [0.3, 0.4) is 0 Å². The molecule has 1 amide bonds. The van der Waals surface area contributed by atoms with Crippen LogP contribution >= 0.6 is 0 Å². The van der Waals surface area contributed by atoms with E-state index in [-0.39, 0.29) is 12.5 Å². The zero-order chi connectivity index (χ0) is 57.2. The van der Waals surface area contributed by atoms with Crippen molar-refractivity contribution in [1.29, 1.82) is 0 Å². The van der Waals surface area contributed by atoms with Gasteiger partial charge in [0.25, 0.3) is 0 Å². The Bertz CT molecular complexity index is 1660. The number of hydrogen-bond donors (Lipinski definition) is 6. The third-order valence-electron chi connectivity index (χ3n) is 14.5. The minimum absolute atomic E-state index is 0.214. The van der Waals surface area contributed by atoms with E-state index in [0.717, 1.165) is 96.3 Å². The van der Waals surface area contributed by atoms with E-state index in [4.69, 9.17) is 9.47 Å². The van der Waals surface area contributed by atoms with Crippen molar-refractivity contribution in [3.8, 4) is 0 Å². The van der Waals surface area contributed by atoms with Crippen LogP contribution in [0.15, 0.2) is 122 Å². The molecule has 0 aliphatic carbocycles. The lowest BCUT2D eigenvalue weighted by molar-refractivity contribution is -0.302. The molecular weight excluding hydrogens is 983 g/mol. The van der Waals surface area contributed by atoms with Crippen LogP contribution in [0.5, 0.6) is 0 Å². The molecule has 6 N–H and O–H groups in total. The number of unbranched alkanes of at least 4 members (excludes halogenated alkanes) is 26. The number of amides is 1. The van der Waals surface area contributed by atoms with Crippen LogP contribution in [-0.2, 0) is 14.3 Å². The van der Waals surface area contributed by atoms with Gasteiger partial charge in [0.2, 0.25) is 5.91 Å². The fraction of sp³-hybridized carbons (Fsp3) is 0.700. The normalized spacial score (nSPS) is 19.4. The van der Waals surface area contributed by atoms with Gasteiger partial charge < -0.3 is 40.3 Å². The molecule has 0 aromatic heterocycles. The topological polar surface area (TPSA) is 149 Å². The maximum atomic E-state index is 13.1. The molecule has 0 bridgehead atoms. The summed E-state index contributed by atoms with van der Waals surface area (Å²) in [7, 11) is 0. The molecule has 7 unspecified atom stereocenters. The van der Waals surface area contributed by atoms with Gasteiger partial charge in [-0.05, 0) is 96.3 Å². The molecule has 9 heteroatoms. The standard InChI is InChI=1S/C70H119NO8/c1-3-5-7-9-11-13-15-17-19-21-23-25-27-29-31-32-34-36-38-40-42-44-46-48-50-52-54-56-58-60-66(74)71-63(62-78-70-69(77)68(76)67(75)65(61-72)79-70)64(73)59-57-55-53-51-49-47-45-43-41-39-37-35-33-30-28-26-24-22-20-18-16-14-12-10-8-6-4-2/h5,7,11,13,17,19,23,25,29,31,34,36,40,42,46,48-49,51,57,59,63-65,67-70,72-73,75-77H,3-4,6,8-10,12,14-16,18,20-22,24,26-28,30,32-33,35,37-39,41,43-45,47,50,52-56,58,60-62H2,1-2H3,(H,71,74)/b7-5-,13-11-,19-17-,25-23-,31-29-,36-34-,42-40-,48-46-,51-49+,59-57+. The third-order valence-corrected chi connectivity index (χ3v) is 14.5. The van der Waals surface area contributed by atoms with Crippen LogP contribution in [0.25, 0.3) is 0 Å². The Morgan fingerprint density at radius 2 is 0.797 bits per heavy atom. The Morgan fingerprint density at radius 1 is 0.443 bits per heavy atom. The maximum Gasteiger partial charge on any atom is 0.220 e. The monoisotopic (exact) mass is 1100 g/mol. The summed E-state index contributed by atoms with van der Waals surface area (Å²) >= 11 is 0. The second kappa shape index (κ2) is 57.8. The first kappa shape index (κ1) is 73.6. The van der Waals surface area contributed by atoms with Crippen LogP contribution in [0.4, 0.5) is 0 Å². The Balaban J connectivity index is 2.25. The highest BCUT2D eigenvalue weighted by molar-refractivity contribution is 5.76. The van der Waals surface area contributed by atoms with Gasteiger partial charge in [0.1, 0.15) is 24.4 Å². The van der Waals surface area contributed by atoms with Crippen LogP contribution in [0.2, 0.25) is 0 Å². The van der Waals surface area contributed by atoms with E-state index in [0.29, 0.717) is 12.8 Å². The zero-order valence-electron chi connectivity index (χ0n) is 50.3. The zero-order valence-corrected chi connectivity index (χ0v) is 50.3. The van der Waals surface area contributed by atoms with Gasteiger partial charge in [-0.25, -0.2) is 0 Å². The van der Waals surface area contributed by atoms with Crippen molar-refractivity contribution in [2.24, 2.45) is 0 Å². The minimum atomic E-state index is -1.59. The average molecular weight is 1100 g/mol. The van der Waals surface area contributed by atoms with Crippen molar-refractivity contribution in [2.45, 2.75) is 301 Å². The molecule has 452 valence electrons. The largest absolute Gasteiger partial charge is 0.394 e. The van der Waals surface area contributed by atoms with Gasteiger partial charge in [0.15, 0.2) is 6.29 Å². The molecule has 0 saturated carbocycles. The maximum absolute atomic E-state index is 13.1. The number of rotatable bonds is 54. The highest BCUT2D eigenvalue weighted by Crippen LogP contribution is 2.23. The lowest BCUT2D eigenvalue weighted by Gasteiger charge is -2.40. The predicted molar refractivity (Wildman–Crippen MR) is 336 cm³/mol. The lowest BCUT2D eigenvalue weighted by atomic mass is 9.99. The Morgan fingerprint density at radius 3 is 1.22 bits per heavy atom. The van der Waals surface area contributed by atoms with E-state index in [1.807, 2.05) is 6.08 Å². The first-order valence-electron chi connectivity index (χ1n) is 32.3. The van der Waals surface area contributed by atoms with Gasteiger partial charge in [0.05, 0.1) is 25.4 Å². The molecule has 0 aromatic carbocycles. The number of hydrogen-bond acceptors (Lipinski definition) is 8. The summed E-state index contributed by atoms with van der Waals surface area (Å²) in [5.41, 5.74) is 0. The number of carbonyl (C=O) groups excluding carboxylic acids is 1. The lowest BCUT2D eigenvalue weighted by Crippen LogP contribution is -2.60. The smallest absolute Gasteiger partial charge is 0.220 e. The number of allylic oxidation sites excluding steroid dienone is 19. The highest BCUT2D eigenvalue weighted by Gasteiger charge is 2.44. The highest BCUT2D eigenvalue weighted by atomic mass is 16.7. The predicted octanol–water partition coefficient (Wildman–Crippen LogP) is 17.1. The molecular formula is C70H119NO8. The molecule has 79 heavy (non-hydrogen) atoms. The fourth-order valence-corrected chi connectivity index (χ4v) is 9.48. The van der Waals surface area contributed by atoms with Crippen LogP contribution < -0.4 is 5.32 Å². The van der Waals surface area contributed by atoms with Crippen molar-refractivity contribution >= 4 is 5.91 Å². The first-order valence-corrected chi connectivity index (χ1v) is 32.3. The fourth-order valence-electron chi connectivity index (χ4n) is 9.48. The molecule has 9 nitrogen and oxygen atoms in total. The summed E-state index contributed by atoms with van der Waals surface area (Å²) < 4.78 is 11.3. The number of aliphatic hydroxyl groups is 5. The quantitative estimate of drug-likeness (QED) is 0.0261. The molecule has 1 saturated heterocycles. The minimum Gasteiger partial charge on any atom is -0.394 e. The van der Waals surface area contributed by atoms with Gasteiger partial charge >= 0.3 is 0 Å². The molecule has 1 aliphatic heterocycles. The number of carbonyl (C=O) groups is 1. The summed E-state index contributed by atoms with van der Waals surface area (Å²) in [6.07, 6.45) is 79.9. The molecule has 0 radical (unpaired) electrons. The van der Waals surface area contributed by atoms with E-state index in [9.17, 15) is 30.3 Å². The van der Waals surface area contributed by atoms with Crippen LogP contribution in [0, 0.1) is 0 Å². The van der Waals surface area contributed by atoms with Crippen molar-refractivity contribution in [2.75, 3.05) is 13.2 Å². The van der Waals surface area contributed by atoms with E-state index < -0.39 is 49.5 Å². The van der Waals surface area contributed by atoms with E-state index in [1.54, 1.807) is 6.08 Å². The Kier molecular flexibility index (Phi) is 53.9. The molecule has 1 rings (SSSR count). The molecule has 1 aliphatic rings. The summed E-state index contributed by atoms with van der Waals surface area (Å²) in [4.78, 5) is 13.1. The van der Waals surface area contributed by atoms with E-state index in [1.165, 1.54) is 135 Å². The van der Waals surface area contributed by atoms with Gasteiger partial charge in [-0.1, -0.05) is 277 Å². The molecule has 0 spiro atoms. The summed E-state index contributed by atoms with van der Waals surface area (Å²) in [6.45, 7) is 3.65. The molecule has 7 atom stereocenters. The van der Waals surface area contributed by atoms with Crippen LogP contribution in [0.1, 0.15) is 258 Å². The van der Waals surface area contributed by atoms with Gasteiger partial charge in [-0.3, -0.25) is 4.79 Å². The second-order valence-electron chi connectivity index (χ2n) is 21.8. The first-order chi connectivity index (χ1) is 38.8. The number of nitrogens with one attached hydrogen (secondary N) is 1. The molecule has 1 fully saturated rings. The summed E-state index contributed by atoms with van der Waals surface area (Å²) in [5.74, 6) is -0.214. The van der Waals surface area contributed by atoms with Gasteiger partial charge in [0, 0.05) is 6.42 Å². The third kappa shape index (κ3) is 46.9. The van der Waals surface area contributed by atoms with Crippen molar-refractivity contribution < 1.29 is 39.8 Å². The molecule has 1 heterocycles. The van der Waals surface area contributed by atoms with Gasteiger partial charge in [-0.2, -0.15) is 0 Å². The second-order valence-corrected chi connectivity index (χ2v) is 21.8. The van der Waals surface area contributed by atoms with Crippen molar-refractivity contribution in [3.63, 3.8) is 0 Å². The van der Waals surface area contributed by atoms with Gasteiger partial charge in [-0.15, -0.1) is 0 Å². The van der Waals surface area contributed by atoms with Crippen LogP contribution in [-0.4, -0.2) is 87.5 Å². The number of ether oxygens (including phenoxy) is 2. The number of aliphatic hydroxyl groups excluding tert-OH is 5. The summed E-state index contributed by atoms with van der Waals surface area (Å²) in [6, 6.07) is -0.847. The Labute approximate surface area is 484 Å². The van der Waals surface area contributed by atoms with E-state index >= 15 is 0 Å². The summed E-state index contributed by atoms with van der Waals surface area (Å²) in [5, 5.41) is 54.6.